The number of amides is 1. The molecule has 158 valence electrons. The van der Waals surface area contributed by atoms with E-state index in [-0.39, 0.29) is 17.6 Å². The van der Waals surface area contributed by atoms with E-state index in [0.717, 1.165) is 35.6 Å². The second kappa shape index (κ2) is 7.82. The molecule has 30 heavy (non-hydrogen) atoms. The zero-order valence-electron chi connectivity index (χ0n) is 18.0. The van der Waals surface area contributed by atoms with Crippen molar-refractivity contribution in [2.24, 2.45) is 4.99 Å². The molecule has 2 aliphatic heterocycles. The van der Waals surface area contributed by atoms with Gasteiger partial charge >= 0.3 is 0 Å². The Morgan fingerprint density at radius 3 is 2.70 bits per heavy atom. The molecule has 0 aliphatic carbocycles. The van der Waals surface area contributed by atoms with E-state index in [2.05, 4.69) is 13.8 Å². The summed E-state index contributed by atoms with van der Waals surface area (Å²) in [7, 11) is 1.83. The van der Waals surface area contributed by atoms with E-state index in [0.29, 0.717) is 30.8 Å². The molecule has 1 spiro atoms. The fourth-order valence-electron chi connectivity index (χ4n) is 4.27. The Hall–Kier alpha value is -2.76. The van der Waals surface area contributed by atoms with Crippen LogP contribution in [0.5, 0.6) is 5.75 Å². The summed E-state index contributed by atoms with van der Waals surface area (Å²) in [6.07, 6.45) is 2.16. The van der Waals surface area contributed by atoms with Crippen molar-refractivity contribution in [1.29, 1.82) is 0 Å². The van der Waals surface area contributed by atoms with Crippen LogP contribution in [0.25, 0.3) is 11.1 Å². The molecule has 0 radical (unpaired) electrons. The quantitative estimate of drug-likeness (QED) is 0.726. The molecule has 0 N–H and O–H groups in total. The first-order valence-electron chi connectivity index (χ1n) is 10.6. The number of pyridine rings is 1. The lowest BCUT2D eigenvalue weighted by Gasteiger charge is -2.17. The number of hydrogen-bond donors (Lipinski definition) is 0. The third-order valence-electron chi connectivity index (χ3n) is 6.02. The van der Waals surface area contributed by atoms with Gasteiger partial charge in [-0.2, -0.15) is 0 Å². The SMILES string of the molecule is CCOc1ccc(F)c(-c2cc(C3=N[C@@]4(CC3)CCN(C)C4=O)nc(C(C)C)c2)c1. The van der Waals surface area contributed by atoms with Gasteiger partial charge in [-0.05, 0) is 68.0 Å². The maximum Gasteiger partial charge on any atom is 0.250 e. The molecule has 1 aromatic carbocycles. The molecule has 1 atom stereocenters. The number of benzene rings is 1. The molecular weight excluding hydrogens is 381 g/mol. The van der Waals surface area contributed by atoms with Crippen LogP contribution in [0, 0.1) is 5.82 Å². The summed E-state index contributed by atoms with van der Waals surface area (Å²) < 4.78 is 20.3. The minimum atomic E-state index is -0.639. The van der Waals surface area contributed by atoms with E-state index in [4.69, 9.17) is 14.7 Å². The summed E-state index contributed by atoms with van der Waals surface area (Å²) in [4.78, 5) is 24.1. The van der Waals surface area contributed by atoms with Crippen molar-refractivity contribution in [1.82, 2.24) is 9.88 Å². The highest BCUT2D eigenvalue weighted by Crippen LogP contribution is 2.38. The minimum Gasteiger partial charge on any atom is -0.494 e. The Kier molecular flexibility index (Phi) is 5.35. The standard InChI is InChI=1S/C24H28FN3O2/c1-5-30-17-6-7-19(25)18(14-17)16-12-21(15(2)3)26-22(13-16)20-8-9-24(27-20)10-11-28(4)23(24)29/h6-7,12-15H,5,8-11H2,1-4H3/t24-/m0/s1. The van der Waals surface area contributed by atoms with Gasteiger partial charge in [0.25, 0.3) is 0 Å². The number of nitrogens with zero attached hydrogens (tertiary/aromatic N) is 3. The van der Waals surface area contributed by atoms with Crippen molar-refractivity contribution in [2.45, 2.75) is 51.5 Å². The molecule has 0 bridgehead atoms. The first-order chi connectivity index (χ1) is 14.3. The number of ether oxygens (including phenoxy) is 1. The molecule has 1 fully saturated rings. The molecule has 4 rings (SSSR count). The second-order valence-electron chi connectivity index (χ2n) is 8.46. The van der Waals surface area contributed by atoms with E-state index in [1.807, 2.05) is 26.1 Å². The predicted octanol–water partition coefficient (Wildman–Crippen LogP) is 4.59. The summed E-state index contributed by atoms with van der Waals surface area (Å²) in [5.41, 5.74) is 3.04. The van der Waals surface area contributed by atoms with Gasteiger partial charge in [-0.3, -0.25) is 14.8 Å². The highest BCUT2D eigenvalue weighted by atomic mass is 19.1. The van der Waals surface area contributed by atoms with Gasteiger partial charge in [0.05, 0.1) is 18.0 Å². The second-order valence-corrected chi connectivity index (χ2v) is 8.46. The van der Waals surface area contributed by atoms with Gasteiger partial charge in [-0.1, -0.05) is 13.8 Å². The first kappa shape index (κ1) is 20.5. The minimum absolute atomic E-state index is 0.0909. The smallest absolute Gasteiger partial charge is 0.250 e. The lowest BCUT2D eigenvalue weighted by molar-refractivity contribution is -0.130. The molecule has 3 heterocycles. The Morgan fingerprint density at radius 2 is 2.03 bits per heavy atom. The Labute approximate surface area is 177 Å². The number of carbonyl (C=O) groups excluding carboxylic acids is 1. The maximum absolute atomic E-state index is 14.7. The van der Waals surface area contributed by atoms with E-state index in [1.165, 1.54) is 6.07 Å². The Bertz CT molecular complexity index is 1020. The molecule has 0 saturated carbocycles. The maximum atomic E-state index is 14.7. The van der Waals surface area contributed by atoms with Gasteiger partial charge in [0.2, 0.25) is 5.91 Å². The number of rotatable bonds is 5. The van der Waals surface area contributed by atoms with Crippen LogP contribution in [0.3, 0.4) is 0 Å². The summed E-state index contributed by atoms with van der Waals surface area (Å²) >= 11 is 0. The molecule has 5 nitrogen and oxygen atoms in total. The highest BCUT2D eigenvalue weighted by molar-refractivity contribution is 6.05. The van der Waals surface area contributed by atoms with Gasteiger partial charge in [0.15, 0.2) is 0 Å². The van der Waals surface area contributed by atoms with Crippen molar-refractivity contribution >= 4 is 11.6 Å². The fraction of sp³-hybridized carbons (Fsp3) is 0.458. The highest BCUT2D eigenvalue weighted by Gasteiger charge is 2.48. The van der Waals surface area contributed by atoms with Crippen LogP contribution >= 0.6 is 0 Å². The number of likely N-dealkylation sites (tertiary alicyclic amines) is 1. The summed E-state index contributed by atoms with van der Waals surface area (Å²) in [5, 5.41) is 0. The van der Waals surface area contributed by atoms with Gasteiger partial charge in [-0.25, -0.2) is 4.39 Å². The van der Waals surface area contributed by atoms with Crippen molar-refractivity contribution in [3.63, 3.8) is 0 Å². The monoisotopic (exact) mass is 409 g/mol. The fourth-order valence-corrected chi connectivity index (χ4v) is 4.27. The lowest BCUT2D eigenvalue weighted by Crippen LogP contribution is -2.35. The number of aromatic nitrogens is 1. The van der Waals surface area contributed by atoms with Crippen LogP contribution in [-0.4, -0.2) is 47.2 Å². The molecule has 1 saturated heterocycles. The van der Waals surface area contributed by atoms with E-state index in [1.54, 1.807) is 17.0 Å². The third-order valence-corrected chi connectivity index (χ3v) is 6.02. The van der Waals surface area contributed by atoms with Gasteiger partial charge in [0, 0.05) is 24.8 Å². The van der Waals surface area contributed by atoms with Gasteiger partial charge < -0.3 is 9.64 Å². The third kappa shape index (κ3) is 3.59. The average molecular weight is 410 g/mol. The average Bonchev–Trinajstić information content (AvgIpc) is 3.29. The number of likely N-dealkylation sites (N-methyl/N-ethyl adjacent to an activating group) is 1. The topological polar surface area (TPSA) is 54.8 Å². The predicted molar refractivity (Wildman–Crippen MR) is 116 cm³/mol. The van der Waals surface area contributed by atoms with Crippen molar-refractivity contribution in [2.75, 3.05) is 20.2 Å². The summed E-state index contributed by atoms with van der Waals surface area (Å²) in [6, 6.07) is 8.63. The van der Waals surface area contributed by atoms with Gasteiger partial charge in [-0.15, -0.1) is 0 Å². The number of aliphatic imine (C=N–C) groups is 1. The normalized spacial score (nSPS) is 21.1. The van der Waals surface area contributed by atoms with Crippen LogP contribution in [0.1, 0.15) is 57.3 Å². The first-order valence-corrected chi connectivity index (χ1v) is 10.6. The van der Waals surface area contributed by atoms with E-state index in [9.17, 15) is 9.18 Å². The zero-order valence-corrected chi connectivity index (χ0v) is 18.0. The molecule has 2 aliphatic rings. The van der Waals surface area contributed by atoms with Crippen molar-refractivity contribution in [3.8, 4) is 16.9 Å². The largest absolute Gasteiger partial charge is 0.494 e. The molecular formula is C24H28FN3O2. The molecule has 1 amide bonds. The van der Waals surface area contributed by atoms with Crippen LogP contribution in [-0.2, 0) is 4.79 Å². The summed E-state index contributed by atoms with van der Waals surface area (Å²) in [6.45, 7) is 7.29. The van der Waals surface area contributed by atoms with Crippen LogP contribution in [0.4, 0.5) is 4.39 Å². The van der Waals surface area contributed by atoms with Crippen LogP contribution in [0.15, 0.2) is 35.3 Å². The molecule has 6 heteroatoms. The Morgan fingerprint density at radius 1 is 1.23 bits per heavy atom. The summed E-state index contributed by atoms with van der Waals surface area (Å²) in [5.74, 6) is 0.600. The van der Waals surface area contributed by atoms with Gasteiger partial charge in [0.1, 0.15) is 17.1 Å². The zero-order chi connectivity index (χ0) is 21.5. The lowest BCUT2D eigenvalue weighted by atomic mass is 9.94. The molecule has 0 unspecified atom stereocenters. The van der Waals surface area contributed by atoms with E-state index >= 15 is 0 Å². The number of hydrogen-bond acceptors (Lipinski definition) is 4. The number of halogens is 1. The van der Waals surface area contributed by atoms with E-state index < -0.39 is 5.54 Å². The molecule has 1 aromatic heterocycles. The number of carbonyl (C=O) groups is 1. The van der Waals surface area contributed by atoms with Crippen LogP contribution in [0.2, 0.25) is 0 Å². The van der Waals surface area contributed by atoms with Crippen LogP contribution < -0.4 is 4.74 Å². The Balaban J connectivity index is 1.79. The molecule has 2 aromatic rings. The van der Waals surface area contributed by atoms with Crippen molar-refractivity contribution in [3.05, 3.63) is 47.5 Å². The van der Waals surface area contributed by atoms with Crippen molar-refractivity contribution < 1.29 is 13.9 Å².